The van der Waals surface area contributed by atoms with Crippen LogP contribution < -0.4 is 10.1 Å². The minimum atomic E-state index is -0.234. The first-order chi connectivity index (χ1) is 10.1. The summed E-state index contributed by atoms with van der Waals surface area (Å²) in [6.45, 7) is 3.55. The molecular weight excluding hydrogens is 270 g/mol. The van der Waals surface area contributed by atoms with Gasteiger partial charge in [-0.1, -0.05) is 12.1 Å². The van der Waals surface area contributed by atoms with Crippen LogP contribution in [0.2, 0.25) is 0 Å². The second kappa shape index (κ2) is 6.21. The molecule has 1 heterocycles. The lowest BCUT2D eigenvalue weighted by molar-refractivity contribution is -0.117. The van der Waals surface area contributed by atoms with E-state index in [9.17, 15) is 9.59 Å². The van der Waals surface area contributed by atoms with Crippen molar-refractivity contribution in [1.82, 2.24) is 9.78 Å². The third-order valence-electron chi connectivity index (χ3n) is 3.23. The third kappa shape index (κ3) is 3.10. The number of nitrogens with one attached hydrogen (secondary N) is 1. The molecule has 110 valence electrons. The number of aryl methyl sites for hydroxylation is 1. The standard InChI is InChI=1S/C15H17N3O3/c1-10-12(9-19)11(2)18(17-10)8-15(20)16-13-6-4-5-7-14(13)21-3/h4-7,9H,8H2,1-3H3,(H,16,20). The molecule has 0 aliphatic rings. The lowest BCUT2D eigenvalue weighted by Gasteiger charge is -2.10. The second-order valence-corrected chi connectivity index (χ2v) is 4.61. The molecule has 0 saturated carbocycles. The normalized spacial score (nSPS) is 10.2. The summed E-state index contributed by atoms with van der Waals surface area (Å²) >= 11 is 0. The monoisotopic (exact) mass is 287 g/mol. The Morgan fingerprint density at radius 1 is 1.38 bits per heavy atom. The number of hydrogen-bond acceptors (Lipinski definition) is 4. The molecule has 0 aliphatic carbocycles. The van der Waals surface area contributed by atoms with E-state index in [1.165, 1.54) is 4.68 Å². The van der Waals surface area contributed by atoms with Crippen LogP contribution in [0.3, 0.4) is 0 Å². The Balaban J connectivity index is 2.14. The Morgan fingerprint density at radius 2 is 2.10 bits per heavy atom. The quantitative estimate of drug-likeness (QED) is 0.853. The first-order valence-electron chi connectivity index (χ1n) is 6.49. The van der Waals surface area contributed by atoms with Crippen molar-refractivity contribution in [3.05, 3.63) is 41.2 Å². The number of hydrogen-bond donors (Lipinski definition) is 1. The van der Waals surface area contributed by atoms with Crippen molar-refractivity contribution in [2.75, 3.05) is 12.4 Å². The number of para-hydroxylation sites is 2. The number of ether oxygens (including phenoxy) is 1. The SMILES string of the molecule is COc1ccccc1NC(=O)Cn1nc(C)c(C=O)c1C. The van der Waals surface area contributed by atoms with Crippen molar-refractivity contribution in [2.45, 2.75) is 20.4 Å². The number of aldehydes is 1. The van der Waals surface area contributed by atoms with Gasteiger partial charge in [-0.25, -0.2) is 0 Å². The highest BCUT2D eigenvalue weighted by molar-refractivity contribution is 5.92. The molecular formula is C15H17N3O3. The number of rotatable bonds is 5. The Kier molecular flexibility index (Phi) is 4.37. The molecule has 21 heavy (non-hydrogen) atoms. The highest BCUT2D eigenvalue weighted by Crippen LogP contribution is 2.23. The molecule has 0 bridgehead atoms. The minimum absolute atomic E-state index is 0.0402. The molecule has 0 radical (unpaired) electrons. The number of methoxy groups -OCH3 is 1. The van der Waals surface area contributed by atoms with Crippen molar-refractivity contribution < 1.29 is 14.3 Å². The predicted octanol–water partition coefficient (Wildman–Crippen LogP) is 1.96. The lowest BCUT2D eigenvalue weighted by atomic mass is 10.2. The van der Waals surface area contributed by atoms with Crippen molar-refractivity contribution in [3.63, 3.8) is 0 Å². The minimum Gasteiger partial charge on any atom is -0.495 e. The highest BCUT2D eigenvalue weighted by atomic mass is 16.5. The fourth-order valence-corrected chi connectivity index (χ4v) is 2.11. The van der Waals surface area contributed by atoms with Crippen LogP contribution in [0.15, 0.2) is 24.3 Å². The molecule has 2 rings (SSSR count). The molecule has 2 aromatic rings. The average Bonchev–Trinajstić information content (AvgIpc) is 2.73. The maximum atomic E-state index is 12.1. The molecule has 6 heteroatoms. The Labute approximate surface area is 122 Å². The number of aromatic nitrogens is 2. The van der Waals surface area contributed by atoms with Crippen LogP contribution in [-0.4, -0.2) is 29.1 Å². The first kappa shape index (κ1) is 14.8. The van der Waals surface area contributed by atoms with Crippen molar-refractivity contribution in [2.24, 2.45) is 0 Å². The van der Waals surface area contributed by atoms with E-state index in [1.54, 1.807) is 33.1 Å². The van der Waals surface area contributed by atoms with Crippen LogP contribution in [0.25, 0.3) is 0 Å². The fourth-order valence-electron chi connectivity index (χ4n) is 2.11. The summed E-state index contributed by atoms with van der Waals surface area (Å²) in [6, 6.07) is 7.16. The molecule has 0 spiro atoms. The van der Waals surface area contributed by atoms with Gasteiger partial charge in [0.1, 0.15) is 12.3 Å². The van der Waals surface area contributed by atoms with Crippen LogP contribution in [0.4, 0.5) is 5.69 Å². The Bertz CT molecular complexity index is 677. The molecule has 1 aromatic carbocycles. The van der Waals surface area contributed by atoms with Gasteiger partial charge in [0, 0.05) is 5.69 Å². The summed E-state index contributed by atoms with van der Waals surface area (Å²) in [5.74, 6) is 0.357. The van der Waals surface area contributed by atoms with Gasteiger partial charge in [0.05, 0.1) is 24.1 Å². The second-order valence-electron chi connectivity index (χ2n) is 4.61. The highest BCUT2D eigenvalue weighted by Gasteiger charge is 2.14. The predicted molar refractivity (Wildman–Crippen MR) is 78.7 cm³/mol. The van der Waals surface area contributed by atoms with Crippen molar-refractivity contribution in [3.8, 4) is 5.75 Å². The van der Waals surface area contributed by atoms with Gasteiger partial charge < -0.3 is 10.1 Å². The molecule has 0 fully saturated rings. The smallest absolute Gasteiger partial charge is 0.246 e. The van der Waals surface area contributed by atoms with Crippen molar-refractivity contribution in [1.29, 1.82) is 0 Å². The zero-order valence-electron chi connectivity index (χ0n) is 12.2. The topological polar surface area (TPSA) is 73.2 Å². The van der Waals surface area contributed by atoms with Gasteiger partial charge in [-0.05, 0) is 26.0 Å². The van der Waals surface area contributed by atoms with Gasteiger partial charge >= 0.3 is 0 Å². The molecule has 1 amide bonds. The molecule has 0 saturated heterocycles. The maximum absolute atomic E-state index is 12.1. The van der Waals surface area contributed by atoms with Crippen LogP contribution in [-0.2, 0) is 11.3 Å². The summed E-state index contributed by atoms with van der Waals surface area (Å²) in [4.78, 5) is 23.0. The summed E-state index contributed by atoms with van der Waals surface area (Å²) in [6.07, 6.45) is 0.756. The summed E-state index contributed by atoms with van der Waals surface area (Å²) < 4.78 is 6.69. The van der Waals surface area contributed by atoms with E-state index in [-0.39, 0.29) is 12.5 Å². The number of nitrogens with zero attached hydrogens (tertiary/aromatic N) is 2. The molecule has 0 atom stereocenters. The number of benzene rings is 1. The lowest BCUT2D eigenvalue weighted by Crippen LogP contribution is -2.20. The number of amides is 1. The molecule has 0 aliphatic heterocycles. The van der Waals surface area contributed by atoms with E-state index in [0.717, 1.165) is 6.29 Å². The van der Waals surface area contributed by atoms with Crippen LogP contribution in [0, 0.1) is 13.8 Å². The van der Waals surface area contributed by atoms with Gasteiger partial charge in [-0.15, -0.1) is 0 Å². The maximum Gasteiger partial charge on any atom is 0.246 e. The van der Waals surface area contributed by atoms with E-state index in [4.69, 9.17) is 4.74 Å². The number of carbonyl (C=O) groups excluding carboxylic acids is 2. The molecule has 1 N–H and O–H groups in total. The van der Waals surface area contributed by atoms with Gasteiger partial charge in [0.25, 0.3) is 0 Å². The van der Waals surface area contributed by atoms with Crippen molar-refractivity contribution >= 4 is 17.9 Å². The number of anilines is 1. The van der Waals surface area contributed by atoms with Crippen LogP contribution >= 0.6 is 0 Å². The van der Waals surface area contributed by atoms with E-state index in [2.05, 4.69) is 10.4 Å². The van der Waals surface area contributed by atoms with Crippen LogP contribution in [0.1, 0.15) is 21.7 Å². The van der Waals surface area contributed by atoms with E-state index < -0.39 is 0 Å². The zero-order valence-corrected chi connectivity index (χ0v) is 12.2. The first-order valence-corrected chi connectivity index (χ1v) is 6.49. The van der Waals surface area contributed by atoms with Gasteiger partial charge in [0.2, 0.25) is 5.91 Å². The van der Waals surface area contributed by atoms with Gasteiger partial charge in [-0.2, -0.15) is 5.10 Å². The largest absolute Gasteiger partial charge is 0.495 e. The summed E-state index contributed by atoms with van der Waals surface area (Å²) in [7, 11) is 1.54. The third-order valence-corrected chi connectivity index (χ3v) is 3.23. The Morgan fingerprint density at radius 3 is 2.71 bits per heavy atom. The molecule has 0 unspecified atom stereocenters. The van der Waals surface area contributed by atoms with E-state index in [0.29, 0.717) is 28.4 Å². The average molecular weight is 287 g/mol. The Hall–Kier alpha value is -2.63. The molecule has 1 aromatic heterocycles. The van der Waals surface area contributed by atoms with Gasteiger partial charge in [-0.3, -0.25) is 14.3 Å². The van der Waals surface area contributed by atoms with Gasteiger partial charge in [0.15, 0.2) is 6.29 Å². The van der Waals surface area contributed by atoms with E-state index in [1.807, 2.05) is 12.1 Å². The summed E-state index contributed by atoms with van der Waals surface area (Å²) in [5.41, 5.74) is 2.42. The summed E-state index contributed by atoms with van der Waals surface area (Å²) in [5, 5.41) is 6.97. The fraction of sp³-hybridized carbons (Fsp3) is 0.267. The molecule has 6 nitrogen and oxygen atoms in total. The van der Waals surface area contributed by atoms with E-state index >= 15 is 0 Å². The zero-order chi connectivity index (χ0) is 15.4. The van der Waals surface area contributed by atoms with Crippen LogP contribution in [0.5, 0.6) is 5.75 Å². The number of carbonyl (C=O) groups is 2.